The number of benzene rings is 2. The van der Waals surface area contributed by atoms with Crippen molar-refractivity contribution >= 4 is 29.3 Å². The standard InChI is InChI=1S/C19H20N2O5S/c1-13(2)20-18(22)12-27-17-6-4-3-5-16(17)19(23)26-11-14-7-9-15(10-8-14)21(24)25/h3-10,13H,11-12H2,1-2H3,(H,20,22). The van der Waals surface area contributed by atoms with Gasteiger partial charge in [0, 0.05) is 23.1 Å². The summed E-state index contributed by atoms with van der Waals surface area (Å²) in [4.78, 5) is 35.0. The van der Waals surface area contributed by atoms with Crippen LogP contribution in [0.2, 0.25) is 0 Å². The van der Waals surface area contributed by atoms with Gasteiger partial charge in [-0.2, -0.15) is 0 Å². The van der Waals surface area contributed by atoms with Gasteiger partial charge < -0.3 is 10.1 Å². The highest BCUT2D eigenvalue weighted by Gasteiger charge is 2.15. The van der Waals surface area contributed by atoms with E-state index in [1.54, 1.807) is 36.4 Å². The first-order chi connectivity index (χ1) is 12.9. The van der Waals surface area contributed by atoms with E-state index in [4.69, 9.17) is 4.74 Å². The van der Waals surface area contributed by atoms with Gasteiger partial charge in [-0.15, -0.1) is 11.8 Å². The van der Waals surface area contributed by atoms with Crippen LogP contribution >= 0.6 is 11.8 Å². The quantitative estimate of drug-likeness (QED) is 0.321. The maximum Gasteiger partial charge on any atom is 0.339 e. The number of nitrogens with one attached hydrogen (secondary N) is 1. The fourth-order valence-electron chi connectivity index (χ4n) is 2.21. The van der Waals surface area contributed by atoms with Crippen LogP contribution < -0.4 is 5.32 Å². The van der Waals surface area contributed by atoms with Crippen molar-refractivity contribution in [1.29, 1.82) is 0 Å². The number of carbonyl (C=O) groups excluding carboxylic acids is 2. The number of nitro benzene ring substituents is 1. The number of amides is 1. The number of nitro groups is 1. The Bertz CT molecular complexity index is 821. The minimum Gasteiger partial charge on any atom is -0.457 e. The van der Waals surface area contributed by atoms with Crippen molar-refractivity contribution in [2.75, 3.05) is 5.75 Å². The highest BCUT2D eigenvalue weighted by Crippen LogP contribution is 2.23. The molecular formula is C19H20N2O5S. The van der Waals surface area contributed by atoms with Gasteiger partial charge in [-0.3, -0.25) is 14.9 Å². The van der Waals surface area contributed by atoms with Crippen molar-refractivity contribution in [3.05, 3.63) is 69.8 Å². The van der Waals surface area contributed by atoms with Crippen molar-refractivity contribution in [2.45, 2.75) is 31.4 Å². The summed E-state index contributed by atoms with van der Waals surface area (Å²) in [6.45, 7) is 3.77. The van der Waals surface area contributed by atoms with E-state index in [0.717, 1.165) is 0 Å². The normalized spacial score (nSPS) is 10.5. The Balaban J connectivity index is 1.97. The molecule has 0 bridgehead atoms. The second kappa shape index (κ2) is 9.72. The van der Waals surface area contributed by atoms with Crippen LogP contribution in [0.5, 0.6) is 0 Å². The van der Waals surface area contributed by atoms with Crippen LogP contribution in [-0.4, -0.2) is 28.6 Å². The Hall–Kier alpha value is -2.87. The van der Waals surface area contributed by atoms with Gasteiger partial charge in [-0.1, -0.05) is 12.1 Å². The average Bonchev–Trinajstić information content (AvgIpc) is 2.64. The van der Waals surface area contributed by atoms with Crippen LogP contribution in [0.15, 0.2) is 53.4 Å². The van der Waals surface area contributed by atoms with Crippen molar-refractivity contribution < 1.29 is 19.2 Å². The lowest BCUT2D eigenvalue weighted by atomic mass is 10.2. The third-order valence-corrected chi connectivity index (χ3v) is 4.51. The molecule has 1 amide bonds. The molecule has 0 unspecified atom stereocenters. The molecule has 0 atom stereocenters. The maximum absolute atomic E-state index is 12.4. The van der Waals surface area contributed by atoms with E-state index in [9.17, 15) is 19.7 Å². The topological polar surface area (TPSA) is 98.5 Å². The second-order valence-electron chi connectivity index (χ2n) is 6.01. The minimum atomic E-state index is -0.513. The zero-order chi connectivity index (χ0) is 19.8. The molecule has 0 aromatic heterocycles. The molecule has 0 radical (unpaired) electrons. The van der Waals surface area contributed by atoms with E-state index in [2.05, 4.69) is 5.32 Å². The summed E-state index contributed by atoms with van der Waals surface area (Å²) in [6, 6.07) is 12.8. The van der Waals surface area contributed by atoms with Crippen molar-refractivity contribution in [3.63, 3.8) is 0 Å². The van der Waals surface area contributed by atoms with Crippen LogP contribution in [0.1, 0.15) is 29.8 Å². The molecule has 2 aromatic carbocycles. The van der Waals surface area contributed by atoms with Gasteiger partial charge in [-0.05, 0) is 43.7 Å². The number of nitrogens with zero attached hydrogens (tertiary/aromatic N) is 1. The molecule has 0 saturated heterocycles. The Morgan fingerprint density at radius 3 is 2.44 bits per heavy atom. The monoisotopic (exact) mass is 388 g/mol. The average molecular weight is 388 g/mol. The Labute approximate surface area is 161 Å². The van der Waals surface area contributed by atoms with Crippen LogP contribution in [0, 0.1) is 10.1 Å². The molecule has 0 aliphatic heterocycles. The van der Waals surface area contributed by atoms with Crippen LogP contribution in [0.4, 0.5) is 5.69 Å². The zero-order valence-electron chi connectivity index (χ0n) is 15.0. The van der Waals surface area contributed by atoms with E-state index >= 15 is 0 Å². The van der Waals surface area contributed by atoms with Gasteiger partial charge in [-0.25, -0.2) is 4.79 Å². The lowest BCUT2D eigenvalue weighted by Gasteiger charge is -2.11. The first-order valence-corrected chi connectivity index (χ1v) is 9.27. The Kier molecular flexibility index (Phi) is 7.36. The summed E-state index contributed by atoms with van der Waals surface area (Å²) < 4.78 is 5.30. The largest absolute Gasteiger partial charge is 0.457 e. The molecule has 0 heterocycles. The molecule has 142 valence electrons. The fourth-order valence-corrected chi connectivity index (χ4v) is 3.06. The van der Waals surface area contributed by atoms with E-state index in [1.807, 2.05) is 13.8 Å². The molecule has 0 saturated carbocycles. The Morgan fingerprint density at radius 1 is 1.15 bits per heavy atom. The molecule has 27 heavy (non-hydrogen) atoms. The summed E-state index contributed by atoms with van der Waals surface area (Å²) in [5, 5.41) is 13.5. The van der Waals surface area contributed by atoms with Gasteiger partial charge in [0.15, 0.2) is 0 Å². The summed E-state index contributed by atoms with van der Waals surface area (Å²) in [6.07, 6.45) is 0. The molecule has 0 spiro atoms. The van der Waals surface area contributed by atoms with Crippen molar-refractivity contribution in [2.24, 2.45) is 0 Å². The number of hydrogen-bond donors (Lipinski definition) is 1. The van der Waals surface area contributed by atoms with Crippen LogP contribution in [-0.2, 0) is 16.1 Å². The molecule has 2 rings (SSSR count). The molecule has 7 nitrogen and oxygen atoms in total. The van der Waals surface area contributed by atoms with Gasteiger partial charge in [0.1, 0.15) is 6.61 Å². The smallest absolute Gasteiger partial charge is 0.339 e. The summed E-state index contributed by atoms with van der Waals surface area (Å²) >= 11 is 1.26. The van der Waals surface area contributed by atoms with E-state index < -0.39 is 10.9 Å². The lowest BCUT2D eigenvalue weighted by molar-refractivity contribution is -0.384. The highest BCUT2D eigenvalue weighted by atomic mass is 32.2. The van der Waals surface area contributed by atoms with Crippen LogP contribution in [0.3, 0.4) is 0 Å². The van der Waals surface area contributed by atoms with Crippen LogP contribution in [0.25, 0.3) is 0 Å². The minimum absolute atomic E-state index is 0.00364. The van der Waals surface area contributed by atoms with Gasteiger partial charge in [0.05, 0.1) is 16.2 Å². The Morgan fingerprint density at radius 2 is 1.81 bits per heavy atom. The molecular weight excluding hydrogens is 368 g/mol. The second-order valence-corrected chi connectivity index (χ2v) is 7.02. The number of esters is 1. The van der Waals surface area contributed by atoms with Crippen molar-refractivity contribution in [3.8, 4) is 0 Å². The number of ether oxygens (including phenoxy) is 1. The van der Waals surface area contributed by atoms with Crippen molar-refractivity contribution in [1.82, 2.24) is 5.32 Å². The molecule has 0 fully saturated rings. The summed E-state index contributed by atoms with van der Waals surface area (Å²) in [5.41, 5.74) is 1.00. The van der Waals surface area contributed by atoms with Gasteiger partial charge in [0.2, 0.25) is 5.91 Å². The van der Waals surface area contributed by atoms with Gasteiger partial charge >= 0.3 is 5.97 Å². The number of hydrogen-bond acceptors (Lipinski definition) is 6. The summed E-state index contributed by atoms with van der Waals surface area (Å²) in [7, 11) is 0. The first-order valence-electron chi connectivity index (χ1n) is 8.28. The molecule has 0 aliphatic rings. The molecule has 8 heteroatoms. The predicted molar refractivity (Wildman–Crippen MR) is 103 cm³/mol. The molecule has 2 aromatic rings. The third-order valence-electron chi connectivity index (χ3n) is 3.43. The number of thioether (sulfide) groups is 1. The fraction of sp³-hybridized carbons (Fsp3) is 0.263. The highest BCUT2D eigenvalue weighted by molar-refractivity contribution is 8.00. The van der Waals surface area contributed by atoms with E-state index in [1.165, 1.54) is 23.9 Å². The van der Waals surface area contributed by atoms with E-state index in [0.29, 0.717) is 16.0 Å². The maximum atomic E-state index is 12.4. The summed E-state index contributed by atoms with van der Waals surface area (Å²) in [5.74, 6) is -0.421. The first kappa shape index (κ1) is 20.4. The lowest BCUT2D eigenvalue weighted by Crippen LogP contribution is -2.31. The number of carbonyl (C=O) groups is 2. The van der Waals surface area contributed by atoms with Gasteiger partial charge in [0.25, 0.3) is 5.69 Å². The molecule has 0 aliphatic carbocycles. The predicted octanol–water partition coefficient (Wildman–Crippen LogP) is 3.57. The number of rotatable bonds is 8. The molecule has 1 N–H and O–H groups in total. The third kappa shape index (κ3) is 6.41. The number of non-ortho nitro benzene ring substituents is 1. The van der Waals surface area contributed by atoms with E-state index in [-0.39, 0.29) is 30.0 Å². The SMILES string of the molecule is CC(C)NC(=O)CSc1ccccc1C(=O)OCc1ccc([N+](=O)[O-])cc1. The zero-order valence-corrected chi connectivity index (χ0v) is 15.8.